The normalized spacial score (nSPS) is 12.8. The minimum absolute atomic E-state index is 0.0380. The second-order valence-electron chi connectivity index (χ2n) is 10.1. The maximum atomic E-state index is 13.7. The third-order valence-corrected chi connectivity index (χ3v) is 5.35. The van der Waals surface area contributed by atoms with Crippen LogP contribution in [0.2, 0.25) is 0 Å². The average Bonchev–Trinajstić information content (AvgIpc) is 3.17. The Kier molecular flexibility index (Phi) is 8.76. The van der Waals surface area contributed by atoms with Crippen LogP contribution in [0.25, 0.3) is 28.7 Å². The fourth-order valence-corrected chi connectivity index (χ4v) is 3.80. The van der Waals surface area contributed by atoms with Gasteiger partial charge >= 0.3 is 5.97 Å². The number of Topliss-reactive ketones (excluding diaryl/α,β-unsaturated/α-hetero) is 1. The number of rotatable bonds is 9. The van der Waals surface area contributed by atoms with Gasteiger partial charge in [0.1, 0.15) is 35.3 Å². The van der Waals surface area contributed by atoms with Crippen LogP contribution in [0.15, 0.2) is 54.6 Å². The fourth-order valence-electron chi connectivity index (χ4n) is 3.80. The highest BCUT2D eigenvalue weighted by atomic mass is 19.1. The summed E-state index contributed by atoms with van der Waals surface area (Å²) in [5.41, 5.74) is 1.82. The van der Waals surface area contributed by atoms with Gasteiger partial charge in [0.25, 0.3) is 0 Å². The molecular weight excluding hydrogens is 478 g/mol. The largest absolute Gasteiger partial charge is 0.460 e. The summed E-state index contributed by atoms with van der Waals surface area (Å²) in [6, 6.07) is 11.8. The van der Waals surface area contributed by atoms with Crippen LogP contribution in [0.3, 0.4) is 0 Å². The molecule has 0 radical (unpaired) electrons. The number of imidazole rings is 1. The third kappa shape index (κ3) is 7.67. The van der Waals surface area contributed by atoms with Gasteiger partial charge in [-0.25, -0.2) is 13.8 Å². The van der Waals surface area contributed by atoms with E-state index in [1.165, 1.54) is 30.3 Å². The molecule has 6 nitrogen and oxygen atoms in total. The number of aromatic nitrogens is 2. The molecule has 0 aliphatic rings. The topological polar surface area (TPSA) is 81.4 Å². The van der Waals surface area contributed by atoms with Crippen LogP contribution < -0.4 is 0 Å². The molecule has 3 aromatic rings. The highest BCUT2D eigenvalue weighted by Crippen LogP contribution is 2.35. The van der Waals surface area contributed by atoms with Gasteiger partial charge in [-0.2, -0.15) is 0 Å². The van der Waals surface area contributed by atoms with E-state index >= 15 is 0 Å². The standard InChI is InChI=1S/C29H32F2N2O4/c1-18(2)28-32-26(19-6-10-21(30)11-7-19)27(20-8-12-22(31)13-9-20)33(28)15-14-23(34)16-24(35)17-25(36)37-29(3,4)5/h6-15,18,23,34H,16-17H2,1-5H3/t23-/m1/s1. The molecule has 0 fully saturated rings. The zero-order chi connectivity index (χ0) is 27.3. The van der Waals surface area contributed by atoms with Gasteiger partial charge in [-0.3, -0.25) is 9.59 Å². The number of aliphatic hydroxyl groups excluding tert-OH is 1. The Morgan fingerprint density at radius 1 is 1.00 bits per heavy atom. The summed E-state index contributed by atoms with van der Waals surface area (Å²) >= 11 is 0. The highest BCUT2D eigenvalue weighted by molar-refractivity contribution is 5.96. The van der Waals surface area contributed by atoms with E-state index in [2.05, 4.69) is 0 Å². The summed E-state index contributed by atoms with van der Waals surface area (Å²) in [4.78, 5) is 29.0. The number of halogens is 2. The maximum Gasteiger partial charge on any atom is 0.313 e. The molecule has 196 valence electrons. The Bertz CT molecular complexity index is 1270. The van der Waals surface area contributed by atoms with Gasteiger partial charge < -0.3 is 14.4 Å². The van der Waals surface area contributed by atoms with E-state index in [-0.39, 0.29) is 18.2 Å². The first kappa shape index (κ1) is 27.9. The van der Waals surface area contributed by atoms with Crippen molar-refractivity contribution in [2.75, 3.05) is 0 Å². The summed E-state index contributed by atoms with van der Waals surface area (Å²) in [6.45, 7) is 9.04. The van der Waals surface area contributed by atoms with E-state index in [0.29, 0.717) is 28.3 Å². The molecule has 0 bridgehead atoms. The number of aliphatic hydroxyl groups is 1. The number of carbonyl (C=O) groups is 2. The van der Waals surface area contributed by atoms with Crippen LogP contribution in [0.5, 0.6) is 0 Å². The lowest BCUT2D eigenvalue weighted by Gasteiger charge is -2.19. The molecule has 3 rings (SSSR count). The van der Waals surface area contributed by atoms with Crippen molar-refractivity contribution in [1.82, 2.24) is 9.55 Å². The Balaban J connectivity index is 1.96. The van der Waals surface area contributed by atoms with Gasteiger partial charge in [-0.1, -0.05) is 13.8 Å². The van der Waals surface area contributed by atoms with E-state index < -0.39 is 35.7 Å². The molecule has 0 saturated heterocycles. The maximum absolute atomic E-state index is 13.7. The van der Waals surface area contributed by atoms with Gasteiger partial charge in [0.2, 0.25) is 0 Å². The molecule has 1 atom stereocenters. The van der Waals surface area contributed by atoms with Gasteiger partial charge in [-0.05, 0) is 75.4 Å². The SMILES string of the molecule is CC(C)c1nc(-c2ccc(F)cc2)c(-c2ccc(F)cc2)n1C=C[C@@H](O)CC(=O)CC(=O)OC(C)(C)C. The summed E-state index contributed by atoms with van der Waals surface area (Å²) in [7, 11) is 0. The van der Waals surface area contributed by atoms with E-state index in [0.717, 1.165) is 0 Å². The third-order valence-electron chi connectivity index (χ3n) is 5.35. The van der Waals surface area contributed by atoms with Crippen LogP contribution >= 0.6 is 0 Å². The second-order valence-corrected chi connectivity index (χ2v) is 10.1. The Hall–Kier alpha value is -3.65. The second kappa shape index (κ2) is 11.6. The van der Waals surface area contributed by atoms with Crippen LogP contribution in [-0.2, 0) is 14.3 Å². The Morgan fingerprint density at radius 2 is 1.54 bits per heavy atom. The smallest absolute Gasteiger partial charge is 0.313 e. The van der Waals surface area contributed by atoms with E-state index in [1.54, 1.807) is 55.8 Å². The minimum Gasteiger partial charge on any atom is -0.460 e. The van der Waals surface area contributed by atoms with Crippen molar-refractivity contribution in [3.8, 4) is 22.5 Å². The predicted molar refractivity (Wildman–Crippen MR) is 139 cm³/mol. The van der Waals surface area contributed by atoms with Crippen LogP contribution in [0.4, 0.5) is 8.78 Å². The van der Waals surface area contributed by atoms with Crippen molar-refractivity contribution in [1.29, 1.82) is 0 Å². The van der Waals surface area contributed by atoms with Crippen molar-refractivity contribution < 1.29 is 28.2 Å². The molecule has 1 aromatic heterocycles. The van der Waals surface area contributed by atoms with Gasteiger partial charge in [0.05, 0.1) is 17.5 Å². The van der Waals surface area contributed by atoms with Gasteiger partial charge in [-0.15, -0.1) is 0 Å². The van der Waals surface area contributed by atoms with Crippen molar-refractivity contribution in [2.45, 2.75) is 65.1 Å². The first-order chi connectivity index (χ1) is 17.3. The molecule has 0 aliphatic heterocycles. The summed E-state index contributed by atoms with van der Waals surface area (Å²) < 4.78 is 34.2. The fraction of sp³-hybridized carbons (Fsp3) is 0.345. The van der Waals surface area contributed by atoms with Crippen LogP contribution in [0, 0.1) is 11.6 Å². The molecule has 1 N–H and O–H groups in total. The molecule has 0 unspecified atom stereocenters. The molecule has 0 saturated carbocycles. The number of ether oxygens (including phenoxy) is 1. The first-order valence-electron chi connectivity index (χ1n) is 12.1. The average molecular weight is 511 g/mol. The number of hydrogen-bond donors (Lipinski definition) is 1. The molecule has 0 spiro atoms. The lowest BCUT2D eigenvalue weighted by atomic mass is 10.0. The van der Waals surface area contributed by atoms with Crippen molar-refractivity contribution in [3.05, 3.63) is 72.1 Å². The zero-order valence-electron chi connectivity index (χ0n) is 21.7. The molecule has 2 aromatic carbocycles. The summed E-state index contributed by atoms with van der Waals surface area (Å²) in [5, 5.41) is 10.5. The lowest BCUT2D eigenvalue weighted by molar-refractivity contribution is -0.156. The lowest BCUT2D eigenvalue weighted by Crippen LogP contribution is -2.26. The van der Waals surface area contributed by atoms with Crippen molar-refractivity contribution >= 4 is 18.0 Å². The van der Waals surface area contributed by atoms with E-state index in [9.17, 15) is 23.5 Å². The Morgan fingerprint density at radius 3 is 2.05 bits per heavy atom. The zero-order valence-corrected chi connectivity index (χ0v) is 21.7. The number of esters is 1. The molecule has 37 heavy (non-hydrogen) atoms. The number of carbonyl (C=O) groups excluding carboxylic acids is 2. The number of benzene rings is 2. The monoisotopic (exact) mass is 510 g/mol. The molecule has 0 amide bonds. The molecule has 0 aliphatic carbocycles. The predicted octanol–water partition coefficient (Wildman–Crippen LogP) is 6.14. The number of hydrogen-bond acceptors (Lipinski definition) is 5. The van der Waals surface area contributed by atoms with Crippen molar-refractivity contribution in [2.24, 2.45) is 0 Å². The Labute approximate surface area is 215 Å². The molecular formula is C29H32F2N2O4. The molecule has 1 heterocycles. The first-order valence-corrected chi connectivity index (χ1v) is 12.1. The number of nitrogens with zero attached hydrogens (tertiary/aromatic N) is 2. The molecule has 8 heteroatoms. The van der Waals surface area contributed by atoms with Gasteiger partial charge in [0.15, 0.2) is 0 Å². The van der Waals surface area contributed by atoms with Crippen molar-refractivity contribution in [3.63, 3.8) is 0 Å². The van der Waals surface area contributed by atoms with Gasteiger partial charge in [0, 0.05) is 29.7 Å². The minimum atomic E-state index is -1.16. The van der Waals surface area contributed by atoms with Crippen LogP contribution in [0.1, 0.15) is 59.2 Å². The van der Waals surface area contributed by atoms with E-state index in [4.69, 9.17) is 9.72 Å². The van der Waals surface area contributed by atoms with Crippen LogP contribution in [-0.4, -0.2) is 38.1 Å². The summed E-state index contributed by atoms with van der Waals surface area (Å²) in [5.74, 6) is -1.25. The highest BCUT2D eigenvalue weighted by Gasteiger charge is 2.22. The number of ketones is 1. The summed E-state index contributed by atoms with van der Waals surface area (Å²) in [6.07, 6.45) is 1.20. The quantitative estimate of drug-likeness (QED) is 0.276. The van der Waals surface area contributed by atoms with E-state index in [1.807, 2.05) is 13.8 Å².